The van der Waals surface area contributed by atoms with Crippen LogP contribution in [0.15, 0.2) is 60.0 Å². The van der Waals surface area contributed by atoms with E-state index in [1.165, 1.54) is 16.9 Å². The van der Waals surface area contributed by atoms with Crippen LogP contribution in [0.1, 0.15) is 41.2 Å². The highest BCUT2D eigenvalue weighted by Crippen LogP contribution is 2.29. The van der Waals surface area contributed by atoms with Crippen molar-refractivity contribution in [2.45, 2.75) is 25.2 Å². The molecule has 1 unspecified atom stereocenters. The van der Waals surface area contributed by atoms with Crippen molar-refractivity contribution < 1.29 is 4.79 Å². The Morgan fingerprint density at radius 3 is 2.63 bits per heavy atom. The number of nitrogens with zero attached hydrogens (tertiary/aromatic N) is 2. The van der Waals surface area contributed by atoms with Crippen LogP contribution >= 0.6 is 22.9 Å². The van der Waals surface area contributed by atoms with Crippen molar-refractivity contribution >= 4 is 28.8 Å². The summed E-state index contributed by atoms with van der Waals surface area (Å²) in [7, 11) is 0. The number of carbonyl (C=O) groups excluding carboxylic acids is 1. The molecule has 1 fully saturated rings. The summed E-state index contributed by atoms with van der Waals surface area (Å²) < 4.78 is 0. The summed E-state index contributed by atoms with van der Waals surface area (Å²) in [6, 6.07) is 18.0. The van der Waals surface area contributed by atoms with E-state index in [1.54, 1.807) is 0 Å². The molecular weight excluding hydrogens is 376 g/mol. The Bertz CT molecular complexity index is 908. The summed E-state index contributed by atoms with van der Waals surface area (Å²) in [6.45, 7) is 1.53. The van der Waals surface area contributed by atoms with Gasteiger partial charge in [-0.2, -0.15) is 0 Å². The van der Waals surface area contributed by atoms with E-state index in [0.29, 0.717) is 11.6 Å². The molecule has 0 spiro atoms. The molecule has 1 saturated heterocycles. The van der Waals surface area contributed by atoms with Gasteiger partial charge in [0, 0.05) is 35.0 Å². The largest absolute Gasteiger partial charge is 0.337 e. The predicted octanol–water partition coefficient (Wildman–Crippen LogP) is 5.87. The molecule has 5 heteroatoms. The lowest BCUT2D eigenvalue weighted by Crippen LogP contribution is -2.34. The standard InChI is InChI=1S/C22H21ClN2OS/c23-19-11-9-16(10-12-19)18-8-4-5-13-25(14-18)22(26)20-15-27-21(24-20)17-6-2-1-3-7-17/h1-3,6-7,9-12,15,18H,4-5,8,13-14H2. The minimum atomic E-state index is 0.0364. The molecule has 0 N–H and O–H groups in total. The van der Waals surface area contributed by atoms with E-state index in [0.717, 1.165) is 47.9 Å². The van der Waals surface area contributed by atoms with Gasteiger partial charge in [0.25, 0.3) is 5.91 Å². The van der Waals surface area contributed by atoms with Crippen molar-refractivity contribution in [2.24, 2.45) is 0 Å². The van der Waals surface area contributed by atoms with E-state index in [9.17, 15) is 4.79 Å². The summed E-state index contributed by atoms with van der Waals surface area (Å²) in [5.74, 6) is 0.384. The number of hydrogen-bond donors (Lipinski definition) is 0. The molecular formula is C22H21ClN2OS. The maximum atomic E-state index is 13.1. The molecule has 2 aromatic carbocycles. The van der Waals surface area contributed by atoms with E-state index in [4.69, 9.17) is 11.6 Å². The molecule has 2 heterocycles. The molecule has 1 aliphatic heterocycles. The van der Waals surface area contributed by atoms with Gasteiger partial charge >= 0.3 is 0 Å². The number of halogens is 1. The number of thiazole rings is 1. The second-order valence-corrected chi connectivity index (χ2v) is 8.19. The fraction of sp³-hybridized carbons (Fsp3) is 0.273. The van der Waals surface area contributed by atoms with Crippen LogP contribution < -0.4 is 0 Å². The number of rotatable bonds is 3. The predicted molar refractivity (Wildman–Crippen MR) is 111 cm³/mol. The molecule has 4 rings (SSSR count). The van der Waals surface area contributed by atoms with Crippen molar-refractivity contribution in [1.29, 1.82) is 0 Å². The Morgan fingerprint density at radius 2 is 1.85 bits per heavy atom. The zero-order chi connectivity index (χ0) is 18.6. The van der Waals surface area contributed by atoms with Gasteiger partial charge in [0.2, 0.25) is 0 Å². The average molecular weight is 397 g/mol. The zero-order valence-electron chi connectivity index (χ0n) is 15.0. The second-order valence-electron chi connectivity index (χ2n) is 6.90. The van der Waals surface area contributed by atoms with Gasteiger partial charge in [-0.3, -0.25) is 4.79 Å². The van der Waals surface area contributed by atoms with Gasteiger partial charge in [0.05, 0.1) is 0 Å². The van der Waals surface area contributed by atoms with Crippen LogP contribution in [-0.4, -0.2) is 28.9 Å². The van der Waals surface area contributed by atoms with E-state index in [2.05, 4.69) is 17.1 Å². The minimum Gasteiger partial charge on any atom is -0.337 e. The van der Waals surface area contributed by atoms with Crippen molar-refractivity contribution in [1.82, 2.24) is 9.88 Å². The first-order valence-electron chi connectivity index (χ1n) is 9.26. The summed E-state index contributed by atoms with van der Waals surface area (Å²) >= 11 is 7.55. The molecule has 138 valence electrons. The Morgan fingerprint density at radius 1 is 1.07 bits per heavy atom. The normalized spacial score (nSPS) is 17.5. The van der Waals surface area contributed by atoms with Crippen LogP contribution in [0.5, 0.6) is 0 Å². The van der Waals surface area contributed by atoms with Crippen LogP contribution in [-0.2, 0) is 0 Å². The Hall–Kier alpha value is -2.17. The monoisotopic (exact) mass is 396 g/mol. The van der Waals surface area contributed by atoms with Crippen LogP contribution in [0.4, 0.5) is 0 Å². The number of amides is 1. The van der Waals surface area contributed by atoms with E-state index >= 15 is 0 Å². The molecule has 3 aromatic rings. The number of likely N-dealkylation sites (tertiary alicyclic amines) is 1. The lowest BCUT2D eigenvalue weighted by molar-refractivity contribution is 0.0749. The maximum absolute atomic E-state index is 13.1. The molecule has 1 atom stereocenters. The third-order valence-electron chi connectivity index (χ3n) is 5.04. The first-order chi connectivity index (χ1) is 13.2. The van der Waals surface area contributed by atoms with E-state index in [1.807, 2.05) is 52.7 Å². The smallest absolute Gasteiger partial charge is 0.273 e. The van der Waals surface area contributed by atoms with Crippen molar-refractivity contribution in [3.8, 4) is 10.6 Å². The topological polar surface area (TPSA) is 33.2 Å². The van der Waals surface area contributed by atoms with Gasteiger partial charge in [0.15, 0.2) is 0 Å². The highest BCUT2D eigenvalue weighted by atomic mass is 35.5. The molecule has 0 radical (unpaired) electrons. The zero-order valence-corrected chi connectivity index (χ0v) is 16.5. The third kappa shape index (κ3) is 4.23. The minimum absolute atomic E-state index is 0.0364. The van der Waals surface area contributed by atoms with Gasteiger partial charge in [-0.25, -0.2) is 4.98 Å². The molecule has 27 heavy (non-hydrogen) atoms. The Labute approximate surface area is 168 Å². The fourth-order valence-electron chi connectivity index (χ4n) is 3.58. The summed E-state index contributed by atoms with van der Waals surface area (Å²) in [6.07, 6.45) is 3.26. The van der Waals surface area contributed by atoms with Crippen LogP contribution in [0.25, 0.3) is 10.6 Å². The lowest BCUT2D eigenvalue weighted by Gasteiger charge is -2.24. The second kappa shape index (κ2) is 8.24. The highest BCUT2D eigenvalue weighted by Gasteiger charge is 2.25. The van der Waals surface area contributed by atoms with Gasteiger partial charge < -0.3 is 4.90 Å². The lowest BCUT2D eigenvalue weighted by atomic mass is 9.94. The first-order valence-corrected chi connectivity index (χ1v) is 10.5. The number of aromatic nitrogens is 1. The molecule has 1 aromatic heterocycles. The van der Waals surface area contributed by atoms with Crippen LogP contribution in [0.2, 0.25) is 5.02 Å². The highest BCUT2D eigenvalue weighted by molar-refractivity contribution is 7.13. The SMILES string of the molecule is O=C(c1csc(-c2ccccc2)n1)N1CCCCC(c2ccc(Cl)cc2)C1. The number of hydrogen-bond acceptors (Lipinski definition) is 3. The summed E-state index contributed by atoms with van der Waals surface area (Å²) in [5, 5.41) is 3.52. The van der Waals surface area contributed by atoms with Gasteiger partial charge in [-0.1, -0.05) is 60.5 Å². The maximum Gasteiger partial charge on any atom is 0.273 e. The van der Waals surface area contributed by atoms with Crippen molar-refractivity contribution in [2.75, 3.05) is 13.1 Å². The van der Waals surface area contributed by atoms with Crippen LogP contribution in [0, 0.1) is 0 Å². The molecule has 3 nitrogen and oxygen atoms in total. The number of benzene rings is 2. The quantitative estimate of drug-likeness (QED) is 0.554. The van der Waals surface area contributed by atoms with Gasteiger partial charge in [0.1, 0.15) is 10.7 Å². The van der Waals surface area contributed by atoms with Crippen molar-refractivity contribution in [3.63, 3.8) is 0 Å². The van der Waals surface area contributed by atoms with Gasteiger partial charge in [-0.05, 0) is 30.5 Å². The summed E-state index contributed by atoms with van der Waals surface area (Å²) in [4.78, 5) is 19.7. The Kier molecular flexibility index (Phi) is 5.55. The number of carbonyl (C=O) groups is 1. The molecule has 0 bridgehead atoms. The molecule has 0 saturated carbocycles. The average Bonchev–Trinajstić information content (AvgIpc) is 3.07. The van der Waals surface area contributed by atoms with Crippen LogP contribution in [0.3, 0.4) is 0 Å². The Balaban J connectivity index is 1.52. The molecule has 1 aliphatic rings. The fourth-order valence-corrected chi connectivity index (χ4v) is 4.51. The third-order valence-corrected chi connectivity index (χ3v) is 6.19. The van der Waals surface area contributed by atoms with E-state index < -0.39 is 0 Å². The molecule has 1 amide bonds. The van der Waals surface area contributed by atoms with E-state index in [-0.39, 0.29) is 5.91 Å². The van der Waals surface area contributed by atoms with Crippen molar-refractivity contribution in [3.05, 3.63) is 76.3 Å². The molecule has 0 aliphatic carbocycles. The van der Waals surface area contributed by atoms with Gasteiger partial charge in [-0.15, -0.1) is 11.3 Å². The summed E-state index contributed by atoms with van der Waals surface area (Å²) in [5.41, 5.74) is 2.86. The first kappa shape index (κ1) is 18.2.